The van der Waals surface area contributed by atoms with E-state index in [0.29, 0.717) is 0 Å². The van der Waals surface area contributed by atoms with E-state index in [9.17, 15) is 0 Å². The van der Waals surface area contributed by atoms with Gasteiger partial charge in [0.2, 0.25) is 0 Å². The number of nitrogens with zero attached hydrogens (tertiary/aromatic N) is 1. The number of aromatic amines is 1. The van der Waals surface area contributed by atoms with Crippen molar-refractivity contribution in [2.75, 3.05) is 6.54 Å². The maximum atomic E-state index is 3.95. The van der Waals surface area contributed by atoms with Crippen molar-refractivity contribution in [2.24, 2.45) is 0 Å². The van der Waals surface area contributed by atoms with Crippen molar-refractivity contribution >= 4 is 0 Å². The van der Waals surface area contributed by atoms with Crippen LogP contribution in [0.2, 0.25) is 0 Å². The summed E-state index contributed by atoms with van der Waals surface area (Å²) in [7, 11) is 0. The third kappa shape index (κ3) is 3.43. The van der Waals surface area contributed by atoms with Crippen molar-refractivity contribution in [1.82, 2.24) is 15.5 Å². The largest absolute Gasteiger partial charge is 0.313 e. The minimum Gasteiger partial charge on any atom is -0.313 e. The van der Waals surface area contributed by atoms with Gasteiger partial charge in [-0.2, -0.15) is 5.10 Å². The van der Waals surface area contributed by atoms with E-state index >= 15 is 0 Å². The molecule has 0 atom stereocenters. The number of benzene rings is 1. The highest BCUT2D eigenvalue weighted by molar-refractivity contribution is 5.58. The van der Waals surface area contributed by atoms with Gasteiger partial charge in [0.15, 0.2) is 0 Å². The van der Waals surface area contributed by atoms with Crippen LogP contribution in [0.1, 0.15) is 25.3 Å². The summed E-state index contributed by atoms with van der Waals surface area (Å²) in [5, 5.41) is 10.4. The van der Waals surface area contributed by atoms with Crippen LogP contribution in [0.25, 0.3) is 11.3 Å². The van der Waals surface area contributed by atoms with Crippen LogP contribution in [0.15, 0.2) is 36.5 Å². The molecular weight excluding hydrogens is 210 g/mol. The van der Waals surface area contributed by atoms with Crippen LogP contribution in [0.4, 0.5) is 0 Å². The zero-order valence-electron chi connectivity index (χ0n) is 10.2. The SMILES string of the molecule is CCCCNCc1ccc(-c2ccn[nH]2)cc1. The van der Waals surface area contributed by atoms with E-state index in [1.165, 1.54) is 24.0 Å². The van der Waals surface area contributed by atoms with E-state index in [1.807, 2.05) is 6.07 Å². The number of unbranched alkanes of at least 4 members (excludes halogenated alkanes) is 1. The van der Waals surface area contributed by atoms with E-state index < -0.39 is 0 Å². The lowest BCUT2D eigenvalue weighted by atomic mass is 10.1. The maximum Gasteiger partial charge on any atom is 0.0650 e. The monoisotopic (exact) mass is 229 g/mol. The van der Waals surface area contributed by atoms with Crippen molar-refractivity contribution < 1.29 is 0 Å². The van der Waals surface area contributed by atoms with Gasteiger partial charge in [0.1, 0.15) is 0 Å². The fraction of sp³-hybridized carbons (Fsp3) is 0.357. The lowest BCUT2D eigenvalue weighted by Crippen LogP contribution is -2.14. The molecule has 0 saturated carbocycles. The highest BCUT2D eigenvalue weighted by atomic mass is 15.1. The predicted molar refractivity (Wildman–Crippen MR) is 70.6 cm³/mol. The van der Waals surface area contributed by atoms with Gasteiger partial charge in [-0.05, 0) is 30.2 Å². The van der Waals surface area contributed by atoms with Gasteiger partial charge in [0.05, 0.1) is 5.69 Å². The number of aromatic nitrogens is 2. The quantitative estimate of drug-likeness (QED) is 0.748. The van der Waals surface area contributed by atoms with Crippen LogP contribution in [0.5, 0.6) is 0 Å². The molecule has 0 aliphatic rings. The standard InChI is InChI=1S/C14H19N3/c1-2-3-9-15-11-12-4-6-13(7-5-12)14-8-10-16-17-14/h4-8,10,15H,2-3,9,11H2,1H3,(H,16,17). The molecule has 0 amide bonds. The molecule has 0 saturated heterocycles. The van der Waals surface area contributed by atoms with Gasteiger partial charge < -0.3 is 5.32 Å². The Balaban J connectivity index is 1.90. The highest BCUT2D eigenvalue weighted by Crippen LogP contribution is 2.16. The summed E-state index contributed by atoms with van der Waals surface area (Å²) < 4.78 is 0. The lowest BCUT2D eigenvalue weighted by Gasteiger charge is -2.05. The second-order valence-electron chi connectivity index (χ2n) is 4.20. The third-order valence-electron chi connectivity index (χ3n) is 2.80. The van der Waals surface area contributed by atoms with Crippen molar-refractivity contribution in [3.63, 3.8) is 0 Å². The second-order valence-corrected chi connectivity index (χ2v) is 4.20. The average molecular weight is 229 g/mol. The molecule has 2 N–H and O–H groups in total. The Morgan fingerprint density at radius 2 is 2.00 bits per heavy atom. The Morgan fingerprint density at radius 3 is 2.65 bits per heavy atom. The number of H-pyrrole nitrogens is 1. The number of rotatable bonds is 6. The molecule has 0 bridgehead atoms. The van der Waals surface area contributed by atoms with Crippen molar-refractivity contribution in [1.29, 1.82) is 0 Å². The first-order valence-corrected chi connectivity index (χ1v) is 6.19. The number of hydrogen-bond donors (Lipinski definition) is 2. The molecule has 0 spiro atoms. The van der Waals surface area contributed by atoms with E-state index in [2.05, 4.69) is 46.7 Å². The van der Waals surface area contributed by atoms with Gasteiger partial charge >= 0.3 is 0 Å². The van der Waals surface area contributed by atoms with E-state index in [-0.39, 0.29) is 0 Å². The van der Waals surface area contributed by atoms with Crippen LogP contribution in [0.3, 0.4) is 0 Å². The van der Waals surface area contributed by atoms with Gasteiger partial charge in [-0.3, -0.25) is 5.10 Å². The van der Waals surface area contributed by atoms with Gasteiger partial charge in [-0.15, -0.1) is 0 Å². The Kier molecular flexibility index (Phi) is 4.33. The Bertz CT molecular complexity index is 417. The van der Waals surface area contributed by atoms with Gasteiger partial charge in [-0.1, -0.05) is 37.6 Å². The summed E-state index contributed by atoms with van der Waals surface area (Å²) >= 11 is 0. The van der Waals surface area contributed by atoms with Gasteiger partial charge in [-0.25, -0.2) is 0 Å². The summed E-state index contributed by atoms with van der Waals surface area (Å²) in [6, 6.07) is 10.6. The lowest BCUT2D eigenvalue weighted by molar-refractivity contribution is 0.641. The average Bonchev–Trinajstić information content (AvgIpc) is 2.89. The molecule has 0 aliphatic heterocycles. The molecule has 90 valence electrons. The summed E-state index contributed by atoms with van der Waals surface area (Å²) in [4.78, 5) is 0. The predicted octanol–water partition coefficient (Wildman–Crippen LogP) is 2.97. The Labute approximate surface area is 102 Å². The fourth-order valence-corrected chi connectivity index (χ4v) is 1.75. The normalized spacial score (nSPS) is 10.6. The summed E-state index contributed by atoms with van der Waals surface area (Å²) in [5.74, 6) is 0. The minimum atomic E-state index is 0.948. The molecule has 0 aliphatic carbocycles. The molecule has 0 unspecified atom stereocenters. The molecule has 2 rings (SSSR count). The molecule has 1 aromatic carbocycles. The molecule has 17 heavy (non-hydrogen) atoms. The minimum absolute atomic E-state index is 0.948. The first-order chi connectivity index (χ1) is 8.40. The van der Waals surface area contributed by atoms with Gasteiger partial charge in [0.25, 0.3) is 0 Å². The van der Waals surface area contributed by atoms with Crippen LogP contribution in [-0.4, -0.2) is 16.7 Å². The van der Waals surface area contributed by atoms with Gasteiger partial charge in [0, 0.05) is 12.7 Å². The smallest absolute Gasteiger partial charge is 0.0650 e. The van der Waals surface area contributed by atoms with Crippen molar-refractivity contribution in [3.8, 4) is 11.3 Å². The molecule has 3 nitrogen and oxygen atoms in total. The molecule has 1 heterocycles. The zero-order chi connectivity index (χ0) is 11.9. The van der Waals surface area contributed by atoms with E-state index in [0.717, 1.165) is 18.8 Å². The first-order valence-electron chi connectivity index (χ1n) is 6.19. The first kappa shape index (κ1) is 11.9. The van der Waals surface area contributed by atoms with Crippen molar-refractivity contribution in [3.05, 3.63) is 42.1 Å². The molecule has 0 radical (unpaired) electrons. The molecule has 3 heteroatoms. The number of nitrogens with one attached hydrogen (secondary N) is 2. The molecular formula is C14H19N3. The Hall–Kier alpha value is -1.61. The molecule has 2 aromatic rings. The van der Waals surface area contributed by atoms with E-state index in [4.69, 9.17) is 0 Å². The zero-order valence-corrected chi connectivity index (χ0v) is 10.2. The maximum absolute atomic E-state index is 3.95. The van der Waals surface area contributed by atoms with Crippen LogP contribution in [-0.2, 0) is 6.54 Å². The van der Waals surface area contributed by atoms with Crippen LogP contribution in [0, 0.1) is 0 Å². The Morgan fingerprint density at radius 1 is 1.18 bits per heavy atom. The molecule has 0 fully saturated rings. The third-order valence-corrected chi connectivity index (χ3v) is 2.80. The van der Waals surface area contributed by atoms with Crippen molar-refractivity contribution in [2.45, 2.75) is 26.3 Å². The van der Waals surface area contributed by atoms with Crippen LogP contribution < -0.4 is 5.32 Å². The highest BCUT2D eigenvalue weighted by Gasteiger charge is 1.98. The molecule has 1 aromatic heterocycles. The second kappa shape index (κ2) is 6.21. The summed E-state index contributed by atoms with van der Waals surface area (Å²) in [6.07, 6.45) is 4.26. The van der Waals surface area contributed by atoms with E-state index in [1.54, 1.807) is 6.20 Å². The number of hydrogen-bond acceptors (Lipinski definition) is 2. The topological polar surface area (TPSA) is 40.7 Å². The summed E-state index contributed by atoms with van der Waals surface area (Å²) in [5.41, 5.74) is 3.57. The fourth-order valence-electron chi connectivity index (χ4n) is 1.75. The van der Waals surface area contributed by atoms with Crippen LogP contribution >= 0.6 is 0 Å². The summed E-state index contributed by atoms with van der Waals surface area (Å²) in [6.45, 7) is 4.25.